The number of carbonyl (C=O) groups excluding carboxylic acids is 1. The Bertz CT molecular complexity index is 973. The summed E-state index contributed by atoms with van der Waals surface area (Å²) in [6.07, 6.45) is 3.42. The minimum atomic E-state index is -0.0424. The molecule has 2 heterocycles. The predicted octanol–water partition coefficient (Wildman–Crippen LogP) is 3.21. The fraction of sp³-hybridized carbons (Fsp3) is 0.292. The second-order valence-electron chi connectivity index (χ2n) is 7.77. The highest BCUT2D eigenvalue weighted by molar-refractivity contribution is 6.05. The summed E-state index contributed by atoms with van der Waals surface area (Å²) in [6.45, 7) is 6.31. The number of amides is 1. The van der Waals surface area contributed by atoms with Gasteiger partial charge in [-0.05, 0) is 42.8 Å². The molecule has 1 aliphatic rings. The maximum Gasteiger partial charge on any atom is 0.258 e. The Morgan fingerprint density at radius 3 is 2.47 bits per heavy atom. The van der Waals surface area contributed by atoms with E-state index in [-0.39, 0.29) is 5.91 Å². The highest BCUT2D eigenvalue weighted by Crippen LogP contribution is 2.20. The largest absolute Gasteiger partial charge is 0.312 e. The maximum atomic E-state index is 12.9. The van der Waals surface area contributed by atoms with Crippen LogP contribution < -0.4 is 10.2 Å². The zero-order valence-electron chi connectivity index (χ0n) is 17.5. The highest BCUT2D eigenvalue weighted by Gasteiger charge is 2.17. The van der Waals surface area contributed by atoms with E-state index in [1.807, 2.05) is 43.4 Å². The number of rotatable bonds is 5. The first-order chi connectivity index (χ1) is 14.6. The first-order valence-corrected chi connectivity index (χ1v) is 10.3. The zero-order chi connectivity index (χ0) is 20.9. The summed E-state index contributed by atoms with van der Waals surface area (Å²) in [6, 6.07) is 18.0. The van der Waals surface area contributed by atoms with Gasteiger partial charge in [-0.15, -0.1) is 0 Å². The molecule has 0 spiro atoms. The van der Waals surface area contributed by atoms with Crippen LogP contribution in [0.1, 0.15) is 22.8 Å². The molecule has 1 aromatic heterocycles. The number of anilines is 1. The van der Waals surface area contributed by atoms with Crippen molar-refractivity contribution in [2.45, 2.75) is 19.5 Å². The second kappa shape index (κ2) is 9.15. The molecule has 1 fully saturated rings. The first-order valence-electron chi connectivity index (χ1n) is 10.3. The van der Waals surface area contributed by atoms with E-state index < -0.39 is 0 Å². The van der Waals surface area contributed by atoms with Crippen LogP contribution in [0.3, 0.4) is 0 Å². The molecule has 6 nitrogen and oxygen atoms in total. The van der Waals surface area contributed by atoms with Crippen molar-refractivity contribution in [3.05, 3.63) is 78.1 Å². The van der Waals surface area contributed by atoms with E-state index in [0.717, 1.165) is 37.4 Å². The third-order valence-corrected chi connectivity index (χ3v) is 5.44. The van der Waals surface area contributed by atoms with Crippen molar-refractivity contribution in [3.63, 3.8) is 0 Å². The third-order valence-electron chi connectivity index (χ3n) is 5.44. The molecule has 3 aromatic rings. The van der Waals surface area contributed by atoms with Crippen molar-refractivity contribution >= 4 is 11.6 Å². The molecule has 30 heavy (non-hydrogen) atoms. The quantitative estimate of drug-likeness (QED) is 0.711. The van der Waals surface area contributed by atoms with Crippen LogP contribution in [0, 0.1) is 0 Å². The molecular weight excluding hydrogens is 374 g/mol. The number of hydrogen-bond donors (Lipinski definition) is 1. The van der Waals surface area contributed by atoms with Gasteiger partial charge in [0, 0.05) is 68.5 Å². The Morgan fingerprint density at radius 2 is 1.80 bits per heavy atom. The molecule has 1 saturated heterocycles. The summed E-state index contributed by atoms with van der Waals surface area (Å²) in [5, 5.41) is 3.47. The number of nitrogens with one attached hydrogen (secondary N) is 1. The van der Waals surface area contributed by atoms with E-state index in [1.54, 1.807) is 23.4 Å². The summed E-state index contributed by atoms with van der Waals surface area (Å²) in [5.74, 6) is 0.610. The third kappa shape index (κ3) is 4.72. The Labute approximate surface area is 177 Å². The van der Waals surface area contributed by atoms with Crippen LogP contribution in [-0.4, -0.2) is 53.5 Å². The van der Waals surface area contributed by atoms with Gasteiger partial charge in [0.2, 0.25) is 0 Å². The van der Waals surface area contributed by atoms with Crippen LogP contribution in [0.2, 0.25) is 0 Å². The van der Waals surface area contributed by atoms with Gasteiger partial charge >= 0.3 is 0 Å². The van der Waals surface area contributed by atoms with Gasteiger partial charge in [0.05, 0.1) is 0 Å². The molecule has 1 aliphatic heterocycles. The normalized spacial score (nSPS) is 16.9. The first kappa shape index (κ1) is 20.2. The van der Waals surface area contributed by atoms with Crippen LogP contribution >= 0.6 is 0 Å². The molecule has 1 atom stereocenters. The number of benzene rings is 2. The lowest BCUT2D eigenvalue weighted by Gasteiger charge is -2.31. The van der Waals surface area contributed by atoms with Crippen LogP contribution in [0.4, 0.5) is 5.69 Å². The molecular formula is C24H27N5O. The lowest BCUT2D eigenvalue weighted by molar-refractivity contribution is 0.0993. The van der Waals surface area contributed by atoms with Gasteiger partial charge in [0.1, 0.15) is 0 Å². The molecule has 0 bridgehead atoms. The Morgan fingerprint density at radius 1 is 1.10 bits per heavy atom. The highest BCUT2D eigenvalue weighted by atomic mass is 16.2. The molecule has 1 amide bonds. The average molecular weight is 402 g/mol. The number of hydrogen-bond acceptors (Lipinski definition) is 5. The molecule has 154 valence electrons. The summed E-state index contributed by atoms with van der Waals surface area (Å²) >= 11 is 0. The van der Waals surface area contributed by atoms with E-state index in [1.165, 1.54) is 5.56 Å². The lowest BCUT2D eigenvalue weighted by atomic mass is 10.1. The van der Waals surface area contributed by atoms with Gasteiger partial charge in [-0.25, -0.2) is 9.97 Å². The minimum Gasteiger partial charge on any atom is -0.312 e. The monoisotopic (exact) mass is 401 g/mol. The van der Waals surface area contributed by atoms with Gasteiger partial charge < -0.3 is 10.2 Å². The van der Waals surface area contributed by atoms with Gasteiger partial charge in [0.15, 0.2) is 5.82 Å². The fourth-order valence-electron chi connectivity index (χ4n) is 3.76. The summed E-state index contributed by atoms with van der Waals surface area (Å²) in [7, 11) is 1.81. The second-order valence-corrected chi connectivity index (χ2v) is 7.77. The van der Waals surface area contributed by atoms with E-state index >= 15 is 0 Å². The summed E-state index contributed by atoms with van der Waals surface area (Å²) in [4.78, 5) is 25.6. The molecule has 2 aromatic carbocycles. The van der Waals surface area contributed by atoms with E-state index in [0.29, 0.717) is 17.4 Å². The van der Waals surface area contributed by atoms with Crippen LogP contribution in [0.5, 0.6) is 0 Å². The molecule has 4 rings (SSSR count). The Hall–Kier alpha value is -3.09. The van der Waals surface area contributed by atoms with Crippen molar-refractivity contribution in [2.24, 2.45) is 0 Å². The van der Waals surface area contributed by atoms with E-state index in [4.69, 9.17) is 0 Å². The van der Waals surface area contributed by atoms with Crippen molar-refractivity contribution in [1.29, 1.82) is 0 Å². The average Bonchev–Trinajstić information content (AvgIpc) is 2.79. The van der Waals surface area contributed by atoms with Crippen molar-refractivity contribution in [3.8, 4) is 11.4 Å². The smallest absolute Gasteiger partial charge is 0.258 e. The van der Waals surface area contributed by atoms with Gasteiger partial charge in [-0.2, -0.15) is 0 Å². The number of piperazine rings is 1. The predicted molar refractivity (Wildman–Crippen MR) is 119 cm³/mol. The van der Waals surface area contributed by atoms with Gasteiger partial charge in [-0.1, -0.05) is 24.3 Å². The van der Waals surface area contributed by atoms with Gasteiger partial charge in [-0.3, -0.25) is 9.69 Å². The van der Waals surface area contributed by atoms with Crippen molar-refractivity contribution in [2.75, 3.05) is 31.6 Å². The minimum absolute atomic E-state index is 0.0424. The SMILES string of the molecule is C[C@H]1CN(Cc2ccc(N(C)C(=O)c3ccc(-c4ncccn4)cc3)cc2)CCN1. The zero-order valence-corrected chi connectivity index (χ0v) is 17.5. The van der Waals surface area contributed by atoms with Crippen molar-refractivity contribution < 1.29 is 4.79 Å². The fourth-order valence-corrected chi connectivity index (χ4v) is 3.76. The van der Waals surface area contributed by atoms with Crippen LogP contribution in [0.25, 0.3) is 11.4 Å². The van der Waals surface area contributed by atoms with E-state index in [2.05, 4.69) is 39.2 Å². The maximum absolute atomic E-state index is 12.9. The summed E-state index contributed by atoms with van der Waals surface area (Å²) in [5.41, 5.74) is 3.67. The molecule has 0 aliphatic carbocycles. The topological polar surface area (TPSA) is 61.4 Å². The number of nitrogens with zero attached hydrogens (tertiary/aromatic N) is 4. The van der Waals surface area contributed by atoms with Crippen LogP contribution in [0.15, 0.2) is 67.0 Å². The number of aromatic nitrogens is 2. The molecule has 0 saturated carbocycles. The molecule has 0 unspecified atom stereocenters. The standard InChI is InChI=1S/C24H27N5O/c1-18-16-29(15-14-25-18)17-19-4-10-22(11-5-19)28(2)24(30)21-8-6-20(7-9-21)23-26-12-3-13-27-23/h3-13,18,25H,14-17H2,1-2H3/t18-/m0/s1. The van der Waals surface area contributed by atoms with Gasteiger partial charge in [0.25, 0.3) is 5.91 Å². The number of carbonyl (C=O) groups is 1. The summed E-state index contributed by atoms with van der Waals surface area (Å²) < 4.78 is 0. The molecule has 6 heteroatoms. The van der Waals surface area contributed by atoms with E-state index in [9.17, 15) is 4.79 Å². The molecule has 0 radical (unpaired) electrons. The Kier molecular flexibility index (Phi) is 6.16. The Balaban J connectivity index is 1.41. The lowest BCUT2D eigenvalue weighted by Crippen LogP contribution is -2.48. The molecule has 1 N–H and O–H groups in total. The van der Waals surface area contributed by atoms with Crippen molar-refractivity contribution in [1.82, 2.24) is 20.2 Å². The van der Waals surface area contributed by atoms with Crippen LogP contribution in [-0.2, 0) is 6.54 Å².